The first kappa shape index (κ1) is 21.5. The van der Waals surface area contributed by atoms with Crippen LogP contribution >= 0.6 is 11.8 Å². The zero-order chi connectivity index (χ0) is 20.7. The van der Waals surface area contributed by atoms with Gasteiger partial charge in [0.1, 0.15) is 0 Å². The van der Waals surface area contributed by atoms with Gasteiger partial charge in [-0.25, -0.2) is 0 Å². The first-order chi connectivity index (χ1) is 14.1. The highest BCUT2D eigenvalue weighted by Gasteiger charge is 2.33. The van der Waals surface area contributed by atoms with E-state index in [4.69, 9.17) is 4.74 Å². The second-order valence-corrected chi connectivity index (χ2v) is 8.69. The zero-order valence-corrected chi connectivity index (χ0v) is 18.5. The molecule has 3 heteroatoms. The third-order valence-electron chi connectivity index (χ3n) is 5.97. The fourth-order valence-corrected chi connectivity index (χ4v) is 5.31. The molecule has 2 nitrogen and oxygen atoms in total. The van der Waals surface area contributed by atoms with Gasteiger partial charge in [-0.1, -0.05) is 37.8 Å². The Bertz CT molecular complexity index is 899. The lowest BCUT2D eigenvalue weighted by Gasteiger charge is -2.37. The van der Waals surface area contributed by atoms with Gasteiger partial charge in [-0.3, -0.25) is 4.79 Å². The molecular formula is C26H30O2S. The minimum atomic E-state index is -0.142. The van der Waals surface area contributed by atoms with Crippen LogP contribution in [0.1, 0.15) is 68.7 Å². The lowest BCUT2D eigenvalue weighted by atomic mass is 9.73. The van der Waals surface area contributed by atoms with Crippen molar-refractivity contribution in [1.82, 2.24) is 0 Å². The largest absolute Gasteiger partial charge is 0.466 e. The molecule has 1 aliphatic rings. The van der Waals surface area contributed by atoms with E-state index in [1.807, 2.05) is 43.0 Å². The quantitative estimate of drug-likeness (QED) is 0.426. The molecule has 0 aliphatic carbocycles. The summed E-state index contributed by atoms with van der Waals surface area (Å²) in [4.78, 5) is 12.9. The van der Waals surface area contributed by atoms with Crippen LogP contribution in [0.4, 0.5) is 0 Å². The van der Waals surface area contributed by atoms with Crippen LogP contribution in [0, 0.1) is 11.8 Å². The van der Waals surface area contributed by atoms with E-state index in [0.717, 1.165) is 16.7 Å². The van der Waals surface area contributed by atoms with E-state index in [2.05, 4.69) is 43.9 Å². The number of benzene rings is 2. The number of esters is 1. The molecule has 0 unspecified atom stereocenters. The Balaban J connectivity index is 1.73. The summed E-state index contributed by atoms with van der Waals surface area (Å²) in [6, 6.07) is 14.9. The molecule has 0 amide bonds. The second-order valence-electron chi connectivity index (χ2n) is 7.55. The van der Waals surface area contributed by atoms with E-state index in [0.29, 0.717) is 24.9 Å². The van der Waals surface area contributed by atoms with E-state index in [-0.39, 0.29) is 5.97 Å². The Morgan fingerprint density at radius 3 is 2.41 bits per heavy atom. The van der Waals surface area contributed by atoms with E-state index < -0.39 is 0 Å². The van der Waals surface area contributed by atoms with Gasteiger partial charge in [0.25, 0.3) is 0 Å². The Labute approximate surface area is 179 Å². The minimum absolute atomic E-state index is 0.142. The van der Waals surface area contributed by atoms with Crippen molar-refractivity contribution in [2.45, 2.75) is 63.2 Å². The summed E-state index contributed by atoms with van der Waals surface area (Å²) in [7, 11) is 0. The van der Waals surface area contributed by atoms with E-state index in [9.17, 15) is 4.79 Å². The van der Waals surface area contributed by atoms with Gasteiger partial charge < -0.3 is 4.74 Å². The molecule has 0 saturated heterocycles. The van der Waals surface area contributed by atoms with E-state index >= 15 is 0 Å². The van der Waals surface area contributed by atoms with Crippen molar-refractivity contribution in [3.8, 4) is 11.8 Å². The summed E-state index contributed by atoms with van der Waals surface area (Å²) in [6.45, 7) is 6.89. The molecule has 0 bridgehead atoms. The van der Waals surface area contributed by atoms with Gasteiger partial charge >= 0.3 is 5.97 Å². The van der Waals surface area contributed by atoms with Crippen molar-refractivity contribution in [3.63, 3.8) is 0 Å². The van der Waals surface area contributed by atoms with Crippen molar-refractivity contribution in [3.05, 3.63) is 64.7 Å². The average molecular weight is 407 g/mol. The smallest absolute Gasteiger partial charge is 0.306 e. The van der Waals surface area contributed by atoms with Gasteiger partial charge in [0.15, 0.2) is 0 Å². The molecule has 152 valence electrons. The van der Waals surface area contributed by atoms with E-state index in [1.165, 1.54) is 35.5 Å². The van der Waals surface area contributed by atoms with Gasteiger partial charge in [0.05, 0.1) is 6.61 Å². The molecule has 2 aromatic rings. The van der Waals surface area contributed by atoms with Crippen LogP contribution in [0.3, 0.4) is 0 Å². The van der Waals surface area contributed by atoms with E-state index in [1.54, 1.807) is 0 Å². The normalized spacial score (nSPS) is 14.4. The lowest BCUT2D eigenvalue weighted by molar-refractivity contribution is -0.143. The van der Waals surface area contributed by atoms with Crippen LogP contribution in [0.5, 0.6) is 0 Å². The molecule has 0 atom stereocenters. The highest BCUT2D eigenvalue weighted by molar-refractivity contribution is 7.99. The molecule has 2 aromatic carbocycles. The van der Waals surface area contributed by atoms with Crippen molar-refractivity contribution < 1.29 is 9.53 Å². The number of thioether (sulfide) groups is 1. The lowest BCUT2D eigenvalue weighted by Crippen LogP contribution is -2.28. The Morgan fingerprint density at radius 1 is 1.03 bits per heavy atom. The van der Waals surface area contributed by atoms with Crippen LogP contribution in [-0.2, 0) is 21.4 Å². The van der Waals surface area contributed by atoms with Crippen molar-refractivity contribution in [1.29, 1.82) is 0 Å². The number of hydrogen-bond donors (Lipinski definition) is 0. The summed E-state index contributed by atoms with van der Waals surface area (Å²) in [5, 5.41) is 0. The maximum absolute atomic E-state index is 11.5. The average Bonchev–Trinajstić information content (AvgIpc) is 2.76. The fraction of sp³-hybridized carbons (Fsp3) is 0.423. The zero-order valence-electron chi connectivity index (χ0n) is 17.7. The SMILES string of the molecule is CCOC(=O)CCc1ccc(C#Cc2ccc3c(c2)C(CC)(CC)CCS3)cc1. The van der Waals surface area contributed by atoms with Gasteiger partial charge in [-0.05, 0) is 85.2 Å². The number of rotatable bonds is 6. The first-order valence-electron chi connectivity index (χ1n) is 10.6. The third kappa shape index (κ3) is 5.25. The standard InChI is InChI=1S/C26H30O2S/c1-4-26(5-2)17-18-29-24-15-13-22(19-23(24)26)12-11-20-7-9-21(10-8-20)14-16-25(27)28-6-3/h7-10,13,15,19H,4-6,14,16-18H2,1-3H3. The molecule has 1 heterocycles. The number of carbonyl (C=O) groups is 1. The summed E-state index contributed by atoms with van der Waals surface area (Å²) in [5.74, 6) is 7.71. The molecule has 0 saturated carbocycles. The van der Waals surface area contributed by atoms with Crippen molar-refractivity contribution >= 4 is 17.7 Å². The molecule has 0 spiro atoms. The van der Waals surface area contributed by atoms with Crippen molar-refractivity contribution in [2.75, 3.05) is 12.4 Å². The molecule has 1 aliphatic heterocycles. The van der Waals surface area contributed by atoms with Crippen LogP contribution in [0.2, 0.25) is 0 Å². The number of fused-ring (bicyclic) bond motifs is 1. The summed E-state index contributed by atoms with van der Waals surface area (Å²) in [6.07, 6.45) is 4.73. The Kier molecular flexibility index (Phi) is 7.45. The molecule has 0 radical (unpaired) electrons. The van der Waals surface area contributed by atoms with Gasteiger partial charge in [0.2, 0.25) is 0 Å². The number of hydrogen-bond acceptors (Lipinski definition) is 3. The Hall–Kier alpha value is -2.18. The minimum Gasteiger partial charge on any atom is -0.466 e. The molecule has 3 rings (SSSR count). The van der Waals surface area contributed by atoms with Crippen LogP contribution in [0.15, 0.2) is 47.4 Å². The van der Waals surface area contributed by atoms with Gasteiger partial charge in [-0.15, -0.1) is 11.8 Å². The summed E-state index contributed by atoms with van der Waals surface area (Å²) < 4.78 is 4.98. The number of ether oxygens (including phenoxy) is 1. The molecule has 29 heavy (non-hydrogen) atoms. The Morgan fingerprint density at radius 2 is 1.72 bits per heavy atom. The van der Waals surface area contributed by atoms with Crippen LogP contribution in [0.25, 0.3) is 0 Å². The molecule has 0 aromatic heterocycles. The van der Waals surface area contributed by atoms with Gasteiger partial charge in [0, 0.05) is 22.4 Å². The predicted octanol–water partition coefficient (Wildman–Crippen LogP) is 6.14. The number of carbonyl (C=O) groups excluding carboxylic acids is 1. The first-order valence-corrected chi connectivity index (χ1v) is 11.6. The van der Waals surface area contributed by atoms with Crippen molar-refractivity contribution in [2.24, 2.45) is 0 Å². The molecular weight excluding hydrogens is 376 g/mol. The van der Waals surface area contributed by atoms with Gasteiger partial charge in [-0.2, -0.15) is 0 Å². The van der Waals surface area contributed by atoms with Crippen LogP contribution in [-0.4, -0.2) is 18.3 Å². The fourth-order valence-electron chi connectivity index (χ4n) is 4.00. The maximum atomic E-state index is 11.5. The highest BCUT2D eigenvalue weighted by atomic mass is 32.2. The third-order valence-corrected chi connectivity index (χ3v) is 7.05. The number of aryl methyl sites for hydroxylation is 1. The highest BCUT2D eigenvalue weighted by Crippen LogP contribution is 2.46. The second kappa shape index (κ2) is 10.0. The topological polar surface area (TPSA) is 26.3 Å². The van der Waals surface area contributed by atoms with Crippen LogP contribution < -0.4 is 0 Å². The molecule has 0 N–H and O–H groups in total. The summed E-state index contributed by atoms with van der Waals surface area (Å²) in [5.41, 5.74) is 5.00. The maximum Gasteiger partial charge on any atom is 0.306 e. The predicted molar refractivity (Wildman–Crippen MR) is 121 cm³/mol. The monoisotopic (exact) mass is 406 g/mol. The summed E-state index contributed by atoms with van der Waals surface area (Å²) >= 11 is 1.97. The molecule has 0 fully saturated rings.